The average molecular weight is 313 g/mol. The lowest BCUT2D eigenvalue weighted by Gasteiger charge is -2.31. The van der Waals surface area contributed by atoms with Crippen molar-refractivity contribution in [3.63, 3.8) is 0 Å². The van der Waals surface area contributed by atoms with E-state index in [2.05, 4.69) is 38.3 Å². The zero-order chi connectivity index (χ0) is 16.1. The van der Waals surface area contributed by atoms with Crippen LogP contribution in [0.15, 0.2) is 24.8 Å². The summed E-state index contributed by atoms with van der Waals surface area (Å²) in [5.74, 6) is 1.57. The molecular formula is C18H27N5. The first-order chi connectivity index (χ1) is 11.2. The van der Waals surface area contributed by atoms with Gasteiger partial charge in [-0.05, 0) is 65.2 Å². The maximum atomic E-state index is 4.41. The lowest BCUT2D eigenvalue weighted by molar-refractivity contribution is 0.205. The summed E-state index contributed by atoms with van der Waals surface area (Å²) < 4.78 is 2.27. The zero-order valence-corrected chi connectivity index (χ0v) is 14.3. The largest absolute Gasteiger partial charge is 0.335 e. The Morgan fingerprint density at radius 3 is 2.35 bits per heavy atom. The highest BCUT2D eigenvalue weighted by Gasteiger charge is 2.21. The van der Waals surface area contributed by atoms with E-state index in [4.69, 9.17) is 0 Å². The van der Waals surface area contributed by atoms with E-state index in [9.17, 15) is 0 Å². The summed E-state index contributed by atoms with van der Waals surface area (Å²) >= 11 is 0. The van der Waals surface area contributed by atoms with Crippen LogP contribution in [-0.4, -0.2) is 44.1 Å². The van der Waals surface area contributed by atoms with Crippen LogP contribution < -0.4 is 0 Å². The number of imidazole rings is 1. The number of piperidine rings is 1. The average Bonchev–Trinajstić information content (AvgIpc) is 2.92. The molecule has 23 heavy (non-hydrogen) atoms. The van der Waals surface area contributed by atoms with Gasteiger partial charge in [-0.25, -0.2) is 15.0 Å². The van der Waals surface area contributed by atoms with E-state index in [1.54, 1.807) is 0 Å². The molecule has 0 radical (unpaired) electrons. The summed E-state index contributed by atoms with van der Waals surface area (Å²) in [5, 5.41) is 0. The van der Waals surface area contributed by atoms with Crippen LogP contribution in [0.25, 0.3) is 0 Å². The van der Waals surface area contributed by atoms with Crippen molar-refractivity contribution >= 4 is 0 Å². The highest BCUT2D eigenvalue weighted by molar-refractivity contribution is 5.08. The van der Waals surface area contributed by atoms with E-state index >= 15 is 0 Å². The van der Waals surface area contributed by atoms with Gasteiger partial charge in [-0.2, -0.15) is 0 Å². The van der Waals surface area contributed by atoms with Crippen LogP contribution in [0.4, 0.5) is 0 Å². The highest BCUT2D eigenvalue weighted by Crippen LogP contribution is 2.25. The number of nitrogens with zero attached hydrogens (tertiary/aromatic N) is 5. The Balaban J connectivity index is 1.36. The number of unbranched alkanes of at least 4 members (excludes halogenated alkanes) is 1. The number of rotatable bonds is 6. The molecule has 5 heteroatoms. The van der Waals surface area contributed by atoms with Gasteiger partial charge in [-0.3, -0.25) is 0 Å². The molecule has 2 aromatic heterocycles. The van der Waals surface area contributed by atoms with Gasteiger partial charge >= 0.3 is 0 Å². The minimum Gasteiger partial charge on any atom is -0.335 e. The number of hydrogen-bond acceptors (Lipinski definition) is 4. The standard InChI is InChI=1S/C18H27N5/c1-15-16(2)23(14-21-15)11-4-3-10-22-12-6-17(7-13-22)18-19-8-5-9-20-18/h5,8-9,14,17H,3-4,6-7,10-13H2,1-2H3. The molecule has 1 saturated heterocycles. The quantitative estimate of drug-likeness (QED) is 0.769. The second-order valence-corrected chi connectivity index (χ2v) is 6.54. The Kier molecular flexibility index (Phi) is 5.39. The predicted molar refractivity (Wildman–Crippen MR) is 91.4 cm³/mol. The second-order valence-electron chi connectivity index (χ2n) is 6.54. The van der Waals surface area contributed by atoms with Gasteiger partial charge in [-0.1, -0.05) is 0 Å². The molecule has 0 atom stereocenters. The minimum atomic E-state index is 0.545. The molecule has 0 saturated carbocycles. The van der Waals surface area contributed by atoms with E-state index in [1.165, 1.54) is 51.0 Å². The van der Waals surface area contributed by atoms with Gasteiger partial charge < -0.3 is 9.47 Å². The summed E-state index contributed by atoms with van der Waals surface area (Å²) in [7, 11) is 0. The number of likely N-dealkylation sites (tertiary alicyclic amines) is 1. The van der Waals surface area contributed by atoms with Gasteiger partial charge in [0.1, 0.15) is 5.82 Å². The lowest BCUT2D eigenvalue weighted by Crippen LogP contribution is -2.34. The Hall–Kier alpha value is -1.75. The second kappa shape index (κ2) is 7.68. The molecule has 2 aromatic rings. The van der Waals surface area contributed by atoms with Crippen LogP contribution in [0.3, 0.4) is 0 Å². The molecule has 1 aliphatic rings. The third-order valence-corrected chi connectivity index (χ3v) is 5.01. The molecule has 0 aromatic carbocycles. The Labute approximate surface area is 138 Å². The van der Waals surface area contributed by atoms with Gasteiger partial charge in [-0.15, -0.1) is 0 Å². The molecule has 1 aliphatic heterocycles. The molecule has 3 heterocycles. The van der Waals surface area contributed by atoms with Crippen LogP contribution in [0, 0.1) is 13.8 Å². The van der Waals surface area contributed by atoms with Gasteiger partial charge in [0.25, 0.3) is 0 Å². The van der Waals surface area contributed by atoms with Crippen LogP contribution in [0.5, 0.6) is 0 Å². The van der Waals surface area contributed by atoms with Gasteiger partial charge in [0.2, 0.25) is 0 Å². The van der Waals surface area contributed by atoms with Crippen LogP contribution in [0.1, 0.15) is 48.8 Å². The lowest BCUT2D eigenvalue weighted by atomic mass is 9.96. The third-order valence-electron chi connectivity index (χ3n) is 5.01. The first-order valence-electron chi connectivity index (χ1n) is 8.71. The number of hydrogen-bond donors (Lipinski definition) is 0. The summed E-state index contributed by atoms with van der Waals surface area (Å²) in [5.41, 5.74) is 2.45. The topological polar surface area (TPSA) is 46.8 Å². The maximum Gasteiger partial charge on any atom is 0.131 e. The van der Waals surface area contributed by atoms with E-state index in [0.717, 1.165) is 18.1 Å². The van der Waals surface area contributed by atoms with Gasteiger partial charge in [0, 0.05) is 30.6 Å². The monoisotopic (exact) mass is 313 g/mol. The normalized spacial score (nSPS) is 16.8. The molecule has 0 bridgehead atoms. The predicted octanol–water partition coefficient (Wildman–Crippen LogP) is 2.95. The molecule has 0 unspecified atom stereocenters. The van der Waals surface area contributed by atoms with Crippen molar-refractivity contribution in [3.8, 4) is 0 Å². The third kappa shape index (κ3) is 4.16. The SMILES string of the molecule is Cc1ncn(CCCCN2CCC(c3ncccn3)CC2)c1C. The summed E-state index contributed by atoms with van der Waals surface area (Å²) in [4.78, 5) is 15.8. The van der Waals surface area contributed by atoms with Gasteiger partial charge in [0.05, 0.1) is 12.0 Å². The zero-order valence-electron chi connectivity index (χ0n) is 14.3. The molecule has 5 nitrogen and oxygen atoms in total. The van der Waals surface area contributed by atoms with Crippen molar-refractivity contribution < 1.29 is 0 Å². The number of aromatic nitrogens is 4. The smallest absolute Gasteiger partial charge is 0.131 e. The molecule has 0 amide bonds. The Morgan fingerprint density at radius 1 is 1.00 bits per heavy atom. The summed E-state index contributed by atoms with van der Waals surface area (Å²) in [6, 6.07) is 1.89. The van der Waals surface area contributed by atoms with Crippen molar-refractivity contribution in [1.29, 1.82) is 0 Å². The first-order valence-corrected chi connectivity index (χ1v) is 8.71. The van der Waals surface area contributed by atoms with Crippen molar-refractivity contribution in [2.75, 3.05) is 19.6 Å². The van der Waals surface area contributed by atoms with Crippen molar-refractivity contribution in [2.24, 2.45) is 0 Å². The Bertz CT molecular complexity index is 599. The molecule has 0 spiro atoms. The van der Waals surface area contributed by atoms with E-state index < -0.39 is 0 Å². The first kappa shape index (κ1) is 16.1. The van der Waals surface area contributed by atoms with Crippen molar-refractivity contribution in [3.05, 3.63) is 42.0 Å². The summed E-state index contributed by atoms with van der Waals surface area (Å²) in [6.45, 7) is 8.86. The molecule has 3 rings (SSSR count). The molecule has 124 valence electrons. The molecule has 0 aliphatic carbocycles. The number of aryl methyl sites for hydroxylation is 2. The summed E-state index contributed by atoms with van der Waals surface area (Å²) in [6.07, 6.45) is 10.5. The minimum absolute atomic E-state index is 0.545. The van der Waals surface area contributed by atoms with E-state index in [0.29, 0.717) is 5.92 Å². The van der Waals surface area contributed by atoms with E-state index in [1.807, 2.05) is 24.8 Å². The fraction of sp³-hybridized carbons (Fsp3) is 0.611. The van der Waals surface area contributed by atoms with Crippen LogP contribution >= 0.6 is 0 Å². The van der Waals surface area contributed by atoms with Crippen LogP contribution in [0.2, 0.25) is 0 Å². The fourth-order valence-corrected chi connectivity index (χ4v) is 3.32. The molecule has 0 N–H and O–H groups in total. The van der Waals surface area contributed by atoms with Crippen molar-refractivity contribution in [1.82, 2.24) is 24.4 Å². The highest BCUT2D eigenvalue weighted by atomic mass is 15.1. The fourth-order valence-electron chi connectivity index (χ4n) is 3.32. The van der Waals surface area contributed by atoms with Gasteiger partial charge in [0.15, 0.2) is 0 Å². The van der Waals surface area contributed by atoms with Crippen molar-refractivity contribution in [2.45, 2.75) is 52.0 Å². The van der Waals surface area contributed by atoms with Crippen LogP contribution in [-0.2, 0) is 6.54 Å². The Morgan fingerprint density at radius 2 is 1.70 bits per heavy atom. The molecular weight excluding hydrogens is 286 g/mol. The maximum absolute atomic E-state index is 4.41. The molecule has 1 fully saturated rings. The van der Waals surface area contributed by atoms with E-state index in [-0.39, 0.29) is 0 Å².